The van der Waals surface area contributed by atoms with E-state index in [1.165, 1.54) is 0 Å². The summed E-state index contributed by atoms with van der Waals surface area (Å²) in [4.78, 5) is 19.2. The van der Waals surface area contributed by atoms with E-state index >= 15 is 0 Å². The number of hydrogen-bond acceptors (Lipinski definition) is 4. The minimum Gasteiger partial charge on any atom is -0.306 e. The van der Waals surface area contributed by atoms with Crippen LogP contribution in [0.2, 0.25) is 0 Å². The Kier molecular flexibility index (Phi) is 2.51. The first-order valence-electron chi connectivity index (χ1n) is 5.50. The summed E-state index contributed by atoms with van der Waals surface area (Å²) in [5, 5.41) is 4.18. The molecule has 2 aromatic rings. The zero-order valence-corrected chi connectivity index (χ0v) is 10.3. The number of nitrogens with zero attached hydrogens (tertiary/aromatic N) is 3. The van der Waals surface area contributed by atoms with Crippen molar-refractivity contribution in [2.75, 3.05) is 0 Å². The molecule has 88 valence electrons. The van der Waals surface area contributed by atoms with Crippen molar-refractivity contribution in [1.82, 2.24) is 19.7 Å². The van der Waals surface area contributed by atoms with Crippen LogP contribution in [-0.2, 0) is 18.1 Å². The highest BCUT2D eigenvalue weighted by Gasteiger charge is 2.18. The minimum atomic E-state index is -0.0146. The van der Waals surface area contributed by atoms with E-state index < -0.39 is 0 Å². The van der Waals surface area contributed by atoms with Gasteiger partial charge in [-0.05, 0) is 6.92 Å². The summed E-state index contributed by atoms with van der Waals surface area (Å²) in [7, 11) is 0. The minimum absolute atomic E-state index is 0.0146. The summed E-state index contributed by atoms with van der Waals surface area (Å²) in [6.07, 6.45) is 3.63. The maximum Gasteiger partial charge on any atom is 0.255 e. The molecule has 0 amide bonds. The molecule has 0 spiro atoms. The maximum atomic E-state index is 11.8. The van der Waals surface area contributed by atoms with Crippen LogP contribution in [0, 0.1) is 0 Å². The lowest BCUT2D eigenvalue weighted by Gasteiger charge is -2.00. The fraction of sp³-hybridized carbons (Fsp3) is 0.364. The van der Waals surface area contributed by atoms with E-state index in [4.69, 9.17) is 0 Å². The number of nitrogens with one attached hydrogen (secondary N) is 1. The molecule has 0 bridgehead atoms. The summed E-state index contributed by atoms with van der Waals surface area (Å²) in [6, 6.07) is 0. The average Bonchev–Trinajstić information content (AvgIpc) is 2.97. The largest absolute Gasteiger partial charge is 0.306 e. The number of thioether (sulfide) groups is 1. The van der Waals surface area contributed by atoms with Gasteiger partial charge in [0.2, 0.25) is 0 Å². The molecular formula is C11H12N4OS. The van der Waals surface area contributed by atoms with Crippen molar-refractivity contribution in [3.05, 3.63) is 34.0 Å². The van der Waals surface area contributed by atoms with Crippen LogP contribution in [0.25, 0.3) is 11.4 Å². The van der Waals surface area contributed by atoms with Gasteiger partial charge < -0.3 is 4.98 Å². The molecule has 3 heterocycles. The number of fused-ring (bicyclic) bond motifs is 1. The van der Waals surface area contributed by atoms with Gasteiger partial charge in [0.25, 0.3) is 5.56 Å². The van der Waals surface area contributed by atoms with Gasteiger partial charge in [-0.15, -0.1) is 0 Å². The molecule has 0 aromatic carbocycles. The predicted octanol–water partition coefficient (Wildman–Crippen LogP) is 1.40. The van der Waals surface area contributed by atoms with Gasteiger partial charge in [-0.2, -0.15) is 16.9 Å². The van der Waals surface area contributed by atoms with E-state index in [2.05, 4.69) is 15.1 Å². The zero-order chi connectivity index (χ0) is 11.8. The third-order valence-electron chi connectivity index (χ3n) is 2.82. The molecule has 0 radical (unpaired) electrons. The normalized spacial score (nSPS) is 13.9. The molecule has 5 nitrogen and oxygen atoms in total. The summed E-state index contributed by atoms with van der Waals surface area (Å²) in [5.74, 6) is 2.22. The molecule has 2 aromatic heterocycles. The van der Waals surface area contributed by atoms with Crippen LogP contribution in [0.3, 0.4) is 0 Å². The number of rotatable bonds is 2. The van der Waals surface area contributed by atoms with Gasteiger partial charge >= 0.3 is 0 Å². The van der Waals surface area contributed by atoms with Crippen LogP contribution in [-0.4, -0.2) is 19.7 Å². The molecule has 0 saturated heterocycles. The Morgan fingerprint density at radius 2 is 2.41 bits per heavy atom. The monoisotopic (exact) mass is 248 g/mol. The summed E-state index contributed by atoms with van der Waals surface area (Å²) < 4.78 is 1.82. The first-order chi connectivity index (χ1) is 8.28. The van der Waals surface area contributed by atoms with E-state index in [1.54, 1.807) is 18.0 Å². The lowest BCUT2D eigenvalue weighted by atomic mass is 10.2. The average molecular weight is 248 g/mol. The van der Waals surface area contributed by atoms with Crippen LogP contribution in [0.5, 0.6) is 0 Å². The molecular weight excluding hydrogens is 236 g/mol. The van der Waals surface area contributed by atoms with Crippen molar-refractivity contribution < 1.29 is 0 Å². The Labute approximate surface area is 102 Å². The third-order valence-corrected chi connectivity index (χ3v) is 3.79. The summed E-state index contributed by atoms with van der Waals surface area (Å²) in [5.41, 5.74) is 2.59. The van der Waals surface area contributed by atoms with Gasteiger partial charge in [0.1, 0.15) is 5.82 Å². The molecule has 6 heteroatoms. The molecule has 3 rings (SSSR count). The van der Waals surface area contributed by atoms with Crippen LogP contribution >= 0.6 is 11.8 Å². The van der Waals surface area contributed by atoms with E-state index in [0.29, 0.717) is 5.82 Å². The highest BCUT2D eigenvalue weighted by Crippen LogP contribution is 2.26. The molecule has 0 atom stereocenters. The highest BCUT2D eigenvalue weighted by molar-refractivity contribution is 7.98. The molecule has 0 aliphatic carbocycles. The first-order valence-corrected chi connectivity index (χ1v) is 6.66. The Bertz CT molecular complexity index is 616. The molecule has 17 heavy (non-hydrogen) atoms. The number of hydrogen-bond donors (Lipinski definition) is 1. The number of aryl methyl sites for hydroxylation is 1. The Morgan fingerprint density at radius 3 is 3.18 bits per heavy atom. The highest BCUT2D eigenvalue weighted by atomic mass is 32.2. The fourth-order valence-corrected chi connectivity index (χ4v) is 2.89. The smallest absolute Gasteiger partial charge is 0.255 e. The molecule has 1 aliphatic rings. The second-order valence-corrected chi connectivity index (χ2v) is 4.90. The Hall–Kier alpha value is -1.56. The van der Waals surface area contributed by atoms with Gasteiger partial charge in [-0.1, -0.05) is 0 Å². The molecule has 1 aliphatic heterocycles. The van der Waals surface area contributed by atoms with Gasteiger partial charge in [0, 0.05) is 29.8 Å². The van der Waals surface area contributed by atoms with Crippen molar-refractivity contribution in [3.8, 4) is 11.4 Å². The number of aromatic amines is 1. The van der Waals surface area contributed by atoms with Crippen LogP contribution < -0.4 is 5.56 Å². The van der Waals surface area contributed by atoms with Crippen molar-refractivity contribution in [2.24, 2.45) is 0 Å². The van der Waals surface area contributed by atoms with Gasteiger partial charge in [0.15, 0.2) is 0 Å². The summed E-state index contributed by atoms with van der Waals surface area (Å²) in [6.45, 7) is 2.83. The Balaban J connectivity index is 2.09. The second kappa shape index (κ2) is 4.03. The fourth-order valence-electron chi connectivity index (χ4n) is 1.86. The predicted molar refractivity (Wildman–Crippen MR) is 66.8 cm³/mol. The van der Waals surface area contributed by atoms with E-state index in [9.17, 15) is 4.79 Å². The zero-order valence-electron chi connectivity index (χ0n) is 9.43. The van der Waals surface area contributed by atoms with E-state index in [-0.39, 0.29) is 5.56 Å². The van der Waals surface area contributed by atoms with Crippen molar-refractivity contribution >= 4 is 11.8 Å². The van der Waals surface area contributed by atoms with E-state index in [1.807, 2.05) is 17.8 Å². The lowest BCUT2D eigenvalue weighted by Crippen LogP contribution is -2.14. The molecule has 0 fully saturated rings. The summed E-state index contributed by atoms with van der Waals surface area (Å²) >= 11 is 1.73. The molecule has 0 unspecified atom stereocenters. The van der Waals surface area contributed by atoms with Crippen LogP contribution in [0.1, 0.15) is 18.2 Å². The van der Waals surface area contributed by atoms with Gasteiger partial charge in [-0.3, -0.25) is 9.48 Å². The van der Waals surface area contributed by atoms with Crippen molar-refractivity contribution in [3.63, 3.8) is 0 Å². The quantitative estimate of drug-likeness (QED) is 0.872. The number of H-pyrrole nitrogens is 1. The van der Waals surface area contributed by atoms with Crippen LogP contribution in [0.15, 0.2) is 17.2 Å². The topological polar surface area (TPSA) is 63.6 Å². The van der Waals surface area contributed by atoms with Crippen LogP contribution in [0.4, 0.5) is 0 Å². The maximum absolute atomic E-state index is 11.8. The second-order valence-electron chi connectivity index (χ2n) is 3.92. The lowest BCUT2D eigenvalue weighted by molar-refractivity contribution is 0.660. The van der Waals surface area contributed by atoms with Gasteiger partial charge in [0.05, 0.1) is 17.5 Å². The van der Waals surface area contributed by atoms with Crippen molar-refractivity contribution in [1.29, 1.82) is 0 Å². The standard InChI is InChI=1S/C11H12N4OS/c1-2-15-4-7(3-12-15)10-13-9-6-17-5-8(9)11(16)14-10/h3-4H,2,5-6H2,1H3,(H,13,14,16). The molecule has 1 N–H and O–H groups in total. The van der Waals surface area contributed by atoms with Gasteiger partial charge in [-0.25, -0.2) is 4.98 Å². The third kappa shape index (κ3) is 1.78. The number of aromatic nitrogens is 4. The first kappa shape index (κ1) is 10.6. The Morgan fingerprint density at radius 1 is 1.53 bits per heavy atom. The molecule has 0 saturated carbocycles. The van der Waals surface area contributed by atoms with Crippen molar-refractivity contribution in [2.45, 2.75) is 25.0 Å². The van der Waals surface area contributed by atoms with E-state index in [0.717, 1.165) is 34.9 Å². The SMILES string of the molecule is CCn1cc(-c2nc3c(c(=O)[nH]2)CSC3)cn1.